The van der Waals surface area contributed by atoms with E-state index in [-0.39, 0.29) is 12.1 Å². The molecule has 0 fully saturated rings. The molecule has 1 aromatic carbocycles. The highest BCUT2D eigenvalue weighted by molar-refractivity contribution is 6.28. The lowest BCUT2D eigenvalue weighted by Crippen LogP contribution is -2.28. The summed E-state index contributed by atoms with van der Waals surface area (Å²) in [6, 6.07) is 11.0. The monoisotopic (exact) mass is 280 g/mol. The first-order valence-electron chi connectivity index (χ1n) is 6.08. The average Bonchev–Trinajstić information content (AvgIpc) is 2.78. The minimum atomic E-state index is -0.236. The molecule has 1 heterocycles. The maximum absolute atomic E-state index is 5.78. The molecule has 0 aliphatic heterocycles. The van der Waals surface area contributed by atoms with E-state index in [4.69, 9.17) is 26.6 Å². The van der Waals surface area contributed by atoms with Crippen molar-refractivity contribution in [2.24, 2.45) is 5.84 Å². The number of ether oxygens (including phenoxy) is 1. The molecule has 0 amide bonds. The molecule has 0 saturated carbocycles. The molecule has 0 spiro atoms. The lowest BCUT2D eigenvalue weighted by Gasteiger charge is -2.15. The van der Waals surface area contributed by atoms with E-state index in [9.17, 15) is 0 Å². The lowest BCUT2D eigenvalue weighted by molar-refractivity contribution is 0.242. The first-order valence-corrected chi connectivity index (χ1v) is 6.46. The standard InChI is InChI=1S/C14H17ClN2O2/c1-9(2)18-11-5-3-10(4-6-11)14(17-16)12-7-8-13(15)19-12/h3-9,14,17H,16H2,1-2H3. The van der Waals surface area contributed by atoms with Crippen LogP contribution in [0.2, 0.25) is 5.22 Å². The van der Waals surface area contributed by atoms with Gasteiger partial charge in [-0.05, 0) is 55.3 Å². The van der Waals surface area contributed by atoms with Crippen LogP contribution in [0.15, 0.2) is 40.8 Å². The largest absolute Gasteiger partial charge is 0.491 e. The number of rotatable bonds is 5. The molecule has 0 aliphatic carbocycles. The second-order valence-corrected chi connectivity index (χ2v) is 4.85. The van der Waals surface area contributed by atoms with Crippen molar-refractivity contribution in [2.75, 3.05) is 0 Å². The van der Waals surface area contributed by atoms with E-state index in [1.54, 1.807) is 12.1 Å². The van der Waals surface area contributed by atoms with E-state index in [1.807, 2.05) is 38.1 Å². The zero-order valence-electron chi connectivity index (χ0n) is 10.9. The van der Waals surface area contributed by atoms with E-state index < -0.39 is 0 Å². The summed E-state index contributed by atoms with van der Waals surface area (Å²) >= 11 is 5.78. The predicted octanol–water partition coefficient (Wildman–Crippen LogP) is 3.27. The van der Waals surface area contributed by atoms with E-state index in [1.165, 1.54) is 0 Å². The Kier molecular flexibility index (Phi) is 4.47. The molecule has 1 unspecified atom stereocenters. The smallest absolute Gasteiger partial charge is 0.193 e. The number of nitrogens with two attached hydrogens (primary N) is 1. The summed E-state index contributed by atoms with van der Waals surface area (Å²) in [7, 11) is 0. The number of halogens is 1. The second kappa shape index (κ2) is 6.10. The van der Waals surface area contributed by atoms with Crippen LogP contribution in [0.4, 0.5) is 0 Å². The second-order valence-electron chi connectivity index (χ2n) is 4.48. The fourth-order valence-corrected chi connectivity index (χ4v) is 1.99. The van der Waals surface area contributed by atoms with Gasteiger partial charge in [0.05, 0.1) is 6.10 Å². The van der Waals surface area contributed by atoms with Crippen molar-refractivity contribution in [3.63, 3.8) is 0 Å². The lowest BCUT2D eigenvalue weighted by atomic mass is 10.1. The van der Waals surface area contributed by atoms with Crippen LogP contribution in [-0.4, -0.2) is 6.10 Å². The molecule has 2 aromatic rings. The van der Waals surface area contributed by atoms with Gasteiger partial charge in [-0.15, -0.1) is 0 Å². The fraction of sp³-hybridized carbons (Fsp3) is 0.286. The maximum Gasteiger partial charge on any atom is 0.193 e. The summed E-state index contributed by atoms with van der Waals surface area (Å²) in [6.07, 6.45) is 0.151. The van der Waals surface area contributed by atoms with Gasteiger partial charge in [0.15, 0.2) is 5.22 Å². The highest BCUT2D eigenvalue weighted by atomic mass is 35.5. The fourth-order valence-electron chi connectivity index (χ4n) is 1.84. The molecule has 1 atom stereocenters. The van der Waals surface area contributed by atoms with Gasteiger partial charge in [0.25, 0.3) is 0 Å². The minimum absolute atomic E-state index is 0.151. The van der Waals surface area contributed by atoms with E-state index >= 15 is 0 Å². The van der Waals surface area contributed by atoms with Crippen molar-refractivity contribution in [3.8, 4) is 5.75 Å². The molecular formula is C14H17ClN2O2. The maximum atomic E-state index is 5.78. The zero-order valence-corrected chi connectivity index (χ0v) is 11.6. The van der Waals surface area contributed by atoms with Crippen LogP contribution in [0.3, 0.4) is 0 Å². The van der Waals surface area contributed by atoms with Gasteiger partial charge >= 0.3 is 0 Å². The first-order chi connectivity index (χ1) is 9.10. The number of nitrogens with one attached hydrogen (secondary N) is 1. The molecule has 2 rings (SSSR count). The Morgan fingerprint density at radius 3 is 2.32 bits per heavy atom. The normalized spacial score (nSPS) is 12.7. The Balaban J connectivity index is 2.19. The molecule has 102 valence electrons. The third kappa shape index (κ3) is 3.50. The molecule has 3 N–H and O–H groups in total. The summed E-state index contributed by atoms with van der Waals surface area (Å²) < 4.78 is 11.0. The van der Waals surface area contributed by atoms with Gasteiger partial charge in [-0.25, -0.2) is 5.43 Å². The first kappa shape index (κ1) is 13.9. The summed E-state index contributed by atoms with van der Waals surface area (Å²) in [4.78, 5) is 0. The van der Waals surface area contributed by atoms with Crippen LogP contribution in [0, 0.1) is 0 Å². The molecule has 0 radical (unpaired) electrons. The highest BCUT2D eigenvalue weighted by Gasteiger charge is 2.16. The molecular weight excluding hydrogens is 264 g/mol. The van der Waals surface area contributed by atoms with Crippen LogP contribution in [0.25, 0.3) is 0 Å². The number of benzene rings is 1. The number of hydrazine groups is 1. The van der Waals surface area contributed by atoms with Crippen molar-refractivity contribution >= 4 is 11.6 Å². The summed E-state index contributed by atoms with van der Waals surface area (Å²) in [5.41, 5.74) is 3.69. The van der Waals surface area contributed by atoms with Gasteiger partial charge in [0.1, 0.15) is 17.6 Å². The molecule has 5 heteroatoms. The van der Waals surface area contributed by atoms with Gasteiger partial charge in [0, 0.05) is 0 Å². The number of hydrogen-bond donors (Lipinski definition) is 2. The summed E-state index contributed by atoms with van der Waals surface area (Å²) in [5, 5.41) is 0.343. The summed E-state index contributed by atoms with van der Waals surface area (Å²) in [5.74, 6) is 7.08. The third-order valence-corrected chi connectivity index (χ3v) is 2.83. The predicted molar refractivity (Wildman–Crippen MR) is 75.1 cm³/mol. The van der Waals surface area contributed by atoms with Crippen LogP contribution in [0.5, 0.6) is 5.75 Å². The third-order valence-electron chi connectivity index (χ3n) is 2.63. The highest BCUT2D eigenvalue weighted by Crippen LogP contribution is 2.26. The number of hydrogen-bond acceptors (Lipinski definition) is 4. The van der Waals surface area contributed by atoms with Crippen LogP contribution < -0.4 is 16.0 Å². The van der Waals surface area contributed by atoms with Crippen LogP contribution >= 0.6 is 11.6 Å². The molecule has 0 saturated heterocycles. The zero-order chi connectivity index (χ0) is 13.8. The Bertz CT molecular complexity index is 522. The Morgan fingerprint density at radius 2 is 1.84 bits per heavy atom. The Morgan fingerprint density at radius 1 is 1.16 bits per heavy atom. The Labute approximate surface area is 117 Å². The van der Waals surface area contributed by atoms with E-state index in [2.05, 4.69) is 5.43 Å². The van der Waals surface area contributed by atoms with E-state index in [0.29, 0.717) is 11.0 Å². The van der Waals surface area contributed by atoms with Gasteiger partial charge < -0.3 is 9.15 Å². The van der Waals surface area contributed by atoms with Crippen LogP contribution in [-0.2, 0) is 0 Å². The van der Waals surface area contributed by atoms with Crippen molar-refractivity contribution in [2.45, 2.75) is 26.0 Å². The molecule has 0 aliphatic rings. The Hall–Kier alpha value is -1.49. The van der Waals surface area contributed by atoms with Crippen molar-refractivity contribution in [3.05, 3.63) is 52.9 Å². The van der Waals surface area contributed by atoms with Gasteiger partial charge in [-0.1, -0.05) is 12.1 Å². The molecule has 1 aromatic heterocycles. The minimum Gasteiger partial charge on any atom is -0.491 e. The average molecular weight is 281 g/mol. The van der Waals surface area contributed by atoms with Crippen LogP contribution in [0.1, 0.15) is 31.2 Å². The van der Waals surface area contributed by atoms with Gasteiger partial charge in [-0.2, -0.15) is 0 Å². The molecule has 0 bridgehead atoms. The van der Waals surface area contributed by atoms with E-state index in [0.717, 1.165) is 11.3 Å². The quantitative estimate of drug-likeness (QED) is 0.652. The van der Waals surface area contributed by atoms with Crippen molar-refractivity contribution in [1.29, 1.82) is 0 Å². The van der Waals surface area contributed by atoms with Crippen molar-refractivity contribution in [1.82, 2.24) is 5.43 Å². The van der Waals surface area contributed by atoms with Gasteiger partial charge in [0.2, 0.25) is 0 Å². The SMILES string of the molecule is CC(C)Oc1ccc(C(NN)c2ccc(Cl)o2)cc1. The number of furan rings is 1. The van der Waals surface area contributed by atoms with Crippen molar-refractivity contribution < 1.29 is 9.15 Å². The molecule has 4 nitrogen and oxygen atoms in total. The molecule has 19 heavy (non-hydrogen) atoms. The summed E-state index contributed by atoms with van der Waals surface area (Å²) in [6.45, 7) is 3.98. The van der Waals surface area contributed by atoms with Gasteiger partial charge in [-0.3, -0.25) is 5.84 Å². The topological polar surface area (TPSA) is 60.4 Å².